The molecule has 0 aliphatic carbocycles. The van der Waals surface area contributed by atoms with Crippen LogP contribution in [0, 0.1) is 5.92 Å². The lowest BCUT2D eigenvalue weighted by molar-refractivity contribution is 0.273. The van der Waals surface area contributed by atoms with Crippen LogP contribution < -0.4 is 14.8 Å². The molecule has 1 aliphatic rings. The first-order valence-corrected chi connectivity index (χ1v) is 8.42. The minimum Gasteiger partial charge on any atom is -0.493 e. The van der Waals surface area contributed by atoms with E-state index in [4.69, 9.17) is 14.5 Å². The fraction of sp³-hybridized carbons (Fsp3) is 0.611. The Hall–Kier alpha value is -1.18. The number of rotatable bonds is 5. The maximum atomic E-state index is 5.36. The maximum absolute atomic E-state index is 5.36. The average molecular weight is 447 g/mol. The Kier molecular flexibility index (Phi) is 9.25. The second kappa shape index (κ2) is 10.6. The minimum atomic E-state index is 0. The summed E-state index contributed by atoms with van der Waals surface area (Å²) < 4.78 is 10.6. The number of nitrogens with zero attached hydrogens (tertiary/aromatic N) is 2. The standard InChI is InChI=1S/C18H29N3O2.HI/c1-5-19-18(21-10-8-14(2)9-11-21)20-13-15-6-7-16(22-3)17(12-15)23-4;/h6-7,12,14H,5,8-11,13H2,1-4H3,(H,19,20);1H. The van der Waals surface area contributed by atoms with Crippen LogP contribution >= 0.6 is 24.0 Å². The summed E-state index contributed by atoms with van der Waals surface area (Å²) in [7, 11) is 3.31. The predicted octanol–water partition coefficient (Wildman–Crippen LogP) is 3.52. The summed E-state index contributed by atoms with van der Waals surface area (Å²) in [4.78, 5) is 7.16. The van der Waals surface area contributed by atoms with E-state index < -0.39 is 0 Å². The van der Waals surface area contributed by atoms with Gasteiger partial charge in [-0.3, -0.25) is 0 Å². The molecule has 136 valence electrons. The van der Waals surface area contributed by atoms with Gasteiger partial charge in [-0.2, -0.15) is 0 Å². The Labute approximate surface area is 162 Å². The Morgan fingerprint density at radius 3 is 2.46 bits per heavy atom. The lowest BCUT2D eigenvalue weighted by Crippen LogP contribution is -2.45. The molecule has 0 atom stereocenters. The van der Waals surface area contributed by atoms with Crippen LogP contribution in [0.4, 0.5) is 0 Å². The fourth-order valence-corrected chi connectivity index (χ4v) is 2.79. The zero-order valence-corrected chi connectivity index (χ0v) is 17.5. The number of methoxy groups -OCH3 is 2. The van der Waals surface area contributed by atoms with Gasteiger partial charge in [0.2, 0.25) is 0 Å². The van der Waals surface area contributed by atoms with E-state index in [2.05, 4.69) is 24.1 Å². The van der Waals surface area contributed by atoms with Crippen molar-refractivity contribution in [1.82, 2.24) is 10.2 Å². The minimum absolute atomic E-state index is 0. The van der Waals surface area contributed by atoms with E-state index in [-0.39, 0.29) is 24.0 Å². The molecule has 0 amide bonds. The predicted molar refractivity (Wildman–Crippen MR) is 110 cm³/mol. The van der Waals surface area contributed by atoms with Crippen molar-refractivity contribution in [2.24, 2.45) is 10.9 Å². The topological polar surface area (TPSA) is 46.1 Å². The number of hydrogen-bond donors (Lipinski definition) is 1. The van der Waals surface area contributed by atoms with Gasteiger partial charge in [0, 0.05) is 19.6 Å². The van der Waals surface area contributed by atoms with Crippen LogP contribution in [0.25, 0.3) is 0 Å². The molecule has 5 nitrogen and oxygen atoms in total. The highest BCUT2D eigenvalue weighted by atomic mass is 127. The van der Waals surface area contributed by atoms with Crippen LogP contribution in [0.3, 0.4) is 0 Å². The summed E-state index contributed by atoms with van der Waals surface area (Å²) in [6.07, 6.45) is 2.47. The molecule has 1 aromatic rings. The van der Waals surface area contributed by atoms with Crippen molar-refractivity contribution in [3.8, 4) is 11.5 Å². The monoisotopic (exact) mass is 447 g/mol. The summed E-state index contributed by atoms with van der Waals surface area (Å²) >= 11 is 0. The Morgan fingerprint density at radius 1 is 1.21 bits per heavy atom. The SMILES string of the molecule is CCNC(=NCc1ccc(OC)c(OC)c1)N1CCC(C)CC1.I. The Balaban J connectivity index is 0.00000288. The van der Waals surface area contributed by atoms with Gasteiger partial charge in [-0.05, 0) is 43.4 Å². The molecule has 2 rings (SSSR count). The molecule has 0 aromatic heterocycles. The van der Waals surface area contributed by atoms with Crippen molar-refractivity contribution in [2.75, 3.05) is 33.9 Å². The molecule has 24 heavy (non-hydrogen) atoms. The van der Waals surface area contributed by atoms with Gasteiger partial charge in [-0.15, -0.1) is 24.0 Å². The highest BCUT2D eigenvalue weighted by Gasteiger charge is 2.18. The number of aliphatic imine (C=N–C) groups is 1. The van der Waals surface area contributed by atoms with Gasteiger partial charge >= 0.3 is 0 Å². The number of halogens is 1. The van der Waals surface area contributed by atoms with E-state index in [1.807, 2.05) is 18.2 Å². The molecule has 1 heterocycles. The second-order valence-electron chi connectivity index (χ2n) is 6.03. The van der Waals surface area contributed by atoms with Crippen molar-refractivity contribution < 1.29 is 9.47 Å². The van der Waals surface area contributed by atoms with E-state index in [1.54, 1.807) is 14.2 Å². The molecule has 1 saturated heterocycles. The third kappa shape index (κ3) is 5.72. The molecule has 0 radical (unpaired) electrons. The summed E-state index contributed by atoms with van der Waals surface area (Å²) in [5, 5.41) is 3.41. The van der Waals surface area contributed by atoms with Crippen molar-refractivity contribution >= 4 is 29.9 Å². The third-order valence-electron chi connectivity index (χ3n) is 4.28. The van der Waals surface area contributed by atoms with Crippen LogP contribution in [0.15, 0.2) is 23.2 Å². The van der Waals surface area contributed by atoms with Gasteiger partial charge in [-0.1, -0.05) is 13.0 Å². The van der Waals surface area contributed by atoms with Crippen LogP contribution in [-0.4, -0.2) is 44.7 Å². The van der Waals surface area contributed by atoms with Crippen LogP contribution in [-0.2, 0) is 6.54 Å². The molecule has 0 saturated carbocycles. The molecule has 1 aliphatic heterocycles. The van der Waals surface area contributed by atoms with Crippen LogP contribution in [0.1, 0.15) is 32.3 Å². The van der Waals surface area contributed by atoms with E-state index >= 15 is 0 Å². The van der Waals surface area contributed by atoms with E-state index in [0.29, 0.717) is 6.54 Å². The molecular formula is C18H30IN3O2. The largest absolute Gasteiger partial charge is 0.493 e. The maximum Gasteiger partial charge on any atom is 0.194 e. The molecule has 0 spiro atoms. The number of hydrogen-bond acceptors (Lipinski definition) is 3. The Bertz CT molecular complexity index is 529. The number of nitrogens with one attached hydrogen (secondary N) is 1. The fourth-order valence-electron chi connectivity index (χ4n) is 2.79. The van der Waals surface area contributed by atoms with Crippen LogP contribution in [0.5, 0.6) is 11.5 Å². The first-order valence-electron chi connectivity index (χ1n) is 8.42. The third-order valence-corrected chi connectivity index (χ3v) is 4.28. The molecule has 1 fully saturated rings. The zero-order valence-electron chi connectivity index (χ0n) is 15.2. The van der Waals surface area contributed by atoms with E-state index in [1.165, 1.54) is 12.8 Å². The quantitative estimate of drug-likeness (QED) is 0.426. The highest BCUT2D eigenvalue weighted by Crippen LogP contribution is 2.27. The number of benzene rings is 1. The van der Waals surface area contributed by atoms with Crippen LogP contribution in [0.2, 0.25) is 0 Å². The molecule has 1 aromatic carbocycles. The zero-order chi connectivity index (χ0) is 16.7. The van der Waals surface area contributed by atoms with Gasteiger partial charge < -0.3 is 19.7 Å². The van der Waals surface area contributed by atoms with Gasteiger partial charge in [0.15, 0.2) is 17.5 Å². The van der Waals surface area contributed by atoms with Gasteiger partial charge in [0.25, 0.3) is 0 Å². The van der Waals surface area contributed by atoms with Gasteiger partial charge in [0.05, 0.1) is 20.8 Å². The first kappa shape index (κ1) is 20.9. The van der Waals surface area contributed by atoms with Crippen molar-refractivity contribution in [3.63, 3.8) is 0 Å². The second-order valence-corrected chi connectivity index (χ2v) is 6.03. The van der Waals surface area contributed by atoms with Crippen molar-refractivity contribution in [3.05, 3.63) is 23.8 Å². The van der Waals surface area contributed by atoms with E-state index in [0.717, 1.165) is 48.6 Å². The lowest BCUT2D eigenvalue weighted by atomic mass is 10.00. The number of likely N-dealkylation sites (tertiary alicyclic amines) is 1. The molecule has 6 heteroatoms. The number of guanidine groups is 1. The number of piperidine rings is 1. The molecule has 1 N–H and O–H groups in total. The smallest absolute Gasteiger partial charge is 0.194 e. The molecule has 0 unspecified atom stereocenters. The number of ether oxygens (including phenoxy) is 2. The normalized spacial score (nSPS) is 15.7. The van der Waals surface area contributed by atoms with Gasteiger partial charge in [-0.25, -0.2) is 4.99 Å². The average Bonchev–Trinajstić information content (AvgIpc) is 2.59. The summed E-state index contributed by atoms with van der Waals surface area (Å²) in [6, 6.07) is 5.95. The summed E-state index contributed by atoms with van der Waals surface area (Å²) in [5.74, 6) is 3.32. The summed E-state index contributed by atoms with van der Waals surface area (Å²) in [6.45, 7) is 8.12. The summed E-state index contributed by atoms with van der Waals surface area (Å²) in [5.41, 5.74) is 1.11. The van der Waals surface area contributed by atoms with Crippen molar-refractivity contribution in [2.45, 2.75) is 33.2 Å². The lowest BCUT2D eigenvalue weighted by Gasteiger charge is -2.33. The van der Waals surface area contributed by atoms with Crippen molar-refractivity contribution in [1.29, 1.82) is 0 Å². The van der Waals surface area contributed by atoms with E-state index in [9.17, 15) is 0 Å². The van der Waals surface area contributed by atoms with Gasteiger partial charge in [0.1, 0.15) is 0 Å². The molecular weight excluding hydrogens is 417 g/mol. The highest BCUT2D eigenvalue weighted by molar-refractivity contribution is 14.0. The molecule has 0 bridgehead atoms. The first-order chi connectivity index (χ1) is 11.2. The Morgan fingerprint density at radius 2 is 1.88 bits per heavy atom.